The smallest absolute Gasteiger partial charge is 0.167 e. The molecule has 2 N–H and O–H groups in total. The molecule has 1 saturated carbocycles. The topological polar surface area (TPSA) is 81.8 Å². The molecule has 0 aromatic carbocycles. The number of hydrogen-bond acceptors (Lipinski definition) is 5. The summed E-state index contributed by atoms with van der Waals surface area (Å²) in [5.41, 5.74) is 2.56. The molecule has 2 atom stereocenters. The predicted octanol–water partition coefficient (Wildman–Crippen LogP) is 2.44. The summed E-state index contributed by atoms with van der Waals surface area (Å²) in [4.78, 5) is 0. The van der Waals surface area contributed by atoms with Crippen LogP contribution in [0.5, 0.6) is 0 Å². The fourth-order valence-corrected chi connectivity index (χ4v) is 3.31. The third-order valence-electron chi connectivity index (χ3n) is 4.44. The molecule has 1 aliphatic carbocycles. The molecule has 1 aliphatic rings. The van der Waals surface area contributed by atoms with Crippen LogP contribution in [0.2, 0.25) is 0 Å². The Labute approximate surface area is 126 Å². The fraction of sp³-hybridized carbons (Fsp3) is 0.688. The molecule has 0 bridgehead atoms. The first-order chi connectivity index (χ1) is 10.2. The van der Waals surface area contributed by atoms with Crippen molar-refractivity contribution < 1.29 is 5.11 Å². The van der Waals surface area contributed by atoms with Crippen molar-refractivity contribution in [1.82, 2.24) is 10.2 Å². The zero-order valence-electron chi connectivity index (χ0n) is 12.9. The highest BCUT2D eigenvalue weighted by Gasteiger charge is 2.28. The minimum atomic E-state index is 0.217. The summed E-state index contributed by atoms with van der Waals surface area (Å²) in [5, 5.41) is 30.6. The van der Waals surface area contributed by atoms with Gasteiger partial charge in [0, 0.05) is 12.6 Å². The van der Waals surface area contributed by atoms with Gasteiger partial charge in [0.25, 0.3) is 0 Å². The van der Waals surface area contributed by atoms with Crippen molar-refractivity contribution >= 4 is 5.82 Å². The number of aryl methyl sites for hydroxylation is 1. The number of hydrogen-bond donors (Lipinski definition) is 2. The van der Waals surface area contributed by atoms with Gasteiger partial charge in [-0.2, -0.15) is 10.4 Å². The van der Waals surface area contributed by atoms with Crippen LogP contribution in [0.25, 0.3) is 0 Å². The van der Waals surface area contributed by atoms with E-state index < -0.39 is 0 Å². The highest BCUT2D eigenvalue weighted by atomic mass is 16.3. The Morgan fingerprint density at radius 1 is 1.29 bits per heavy atom. The van der Waals surface area contributed by atoms with Gasteiger partial charge in [0.05, 0.1) is 5.69 Å². The van der Waals surface area contributed by atoms with Crippen LogP contribution in [0.1, 0.15) is 56.4 Å². The summed E-state index contributed by atoms with van der Waals surface area (Å²) >= 11 is 0. The van der Waals surface area contributed by atoms with Crippen LogP contribution >= 0.6 is 0 Å². The van der Waals surface area contributed by atoms with E-state index in [4.69, 9.17) is 5.11 Å². The van der Waals surface area contributed by atoms with Crippen molar-refractivity contribution in [3.63, 3.8) is 0 Å². The first-order valence-electron chi connectivity index (χ1n) is 7.91. The Kier molecular flexibility index (Phi) is 5.51. The van der Waals surface area contributed by atoms with Crippen LogP contribution in [0, 0.1) is 17.2 Å². The maximum Gasteiger partial charge on any atom is 0.167 e. The Balaban J connectivity index is 2.26. The van der Waals surface area contributed by atoms with Gasteiger partial charge in [0.1, 0.15) is 11.6 Å². The summed E-state index contributed by atoms with van der Waals surface area (Å²) in [6.45, 7) is 4.30. The van der Waals surface area contributed by atoms with Crippen LogP contribution in [-0.4, -0.2) is 28.0 Å². The third-order valence-corrected chi connectivity index (χ3v) is 4.44. The highest BCUT2D eigenvalue weighted by Crippen LogP contribution is 2.31. The van der Waals surface area contributed by atoms with Gasteiger partial charge >= 0.3 is 0 Å². The molecule has 1 fully saturated rings. The van der Waals surface area contributed by atoms with E-state index in [-0.39, 0.29) is 12.6 Å². The number of aliphatic hydroxyl groups is 1. The minimum absolute atomic E-state index is 0.217. The van der Waals surface area contributed by atoms with E-state index in [9.17, 15) is 5.26 Å². The molecule has 1 aromatic heterocycles. The number of aliphatic hydroxyl groups excluding tert-OH is 1. The molecule has 1 aromatic rings. The van der Waals surface area contributed by atoms with Crippen molar-refractivity contribution in [3.05, 3.63) is 16.8 Å². The molecule has 0 amide bonds. The quantitative estimate of drug-likeness (QED) is 0.840. The van der Waals surface area contributed by atoms with Gasteiger partial charge in [-0.3, -0.25) is 0 Å². The SMILES string of the molecule is CCc1nnc(NC2CCCC2CCO)c(C#N)c1CC. The Hall–Kier alpha value is -1.67. The van der Waals surface area contributed by atoms with Crippen molar-refractivity contribution in [2.75, 3.05) is 11.9 Å². The van der Waals surface area contributed by atoms with Gasteiger partial charge in [-0.15, -0.1) is 5.10 Å². The molecule has 5 heteroatoms. The standard InChI is InChI=1S/C16H24N4O/c1-3-12-13(10-17)16(20-19-14(12)4-2)18-15-7-5-6-11(15)8-9-21/h11,15,21H,3-9H2,1-2H3,(H,18,20). The van der Waals surface area contributed by atoms with Crippen LogP contribution in [0.4, 0.5) is 5.82 Å². The molecule has 0 saturated heterocycles. The second-order valence-corrected chi connectivity index (χ2v) is 5.62. The first-order valence-corrected chi connectivity index (χ1v) is 7.91. The Morgan fingerprint density at radius 2 is 2.10 bits per heavy atom. The lowest BCUT2D eigenvalue weighted by molar-refractivity contribution is 0.254. The van der Waals surface area contributed by atoms with Crippen LogP contribution in [-0.2, 0) is 12.8 Å². The lowest BCUT2D eigenvalue weighted by Crippen LogP contribution is -2.26. The van der Waals surface area contributed by atoms with Gasteiger partial charge in [-0.05, 0) is 43.6 Å². The maximum atomic E-state index is 9.50. The predicted molar refractivity (Wildman–Crippen MR) is 82.0 cm³/mol. The molecule has 1 heterocycles. The average molecular weight is 288 g/mol. The Morgan fingerprint density at radius 3 is 2.71 bits per heavy atom. The molecule has 0 spiro atoms. The lowest BCUT2D eigenvalue weighted by atomic mass is 9.99. The molecule has 5 nitrogen and oxygen atoms in total. The number of rotatable bonds is 6. The zero-order chi connectivity index (χ0) is 15.2. The monoisotopic (exact) mass is 288 g/mol. The van der Waals surface area contributed by atoms with Crippen molar-refractivity contribution in [1.29, 1.82) is 5.26 Å². The normalized spacial score (nSPS) is 21.2. The van der Waals surface area contributed by atoms with Gasteiger partial charge in [0.2, 0.25) is 0 Å². The second kappa shape index (κ2) is 7.37. The van der Waals surface area contributed by atoms with Crippen molar-refractivity contribution in [2.24, 2.45) is 5.92 Å². The molecule has 21 heavy (non-hydrogen) atoms. The van der Waals surface area contributed by atoms with Crippen LogP contribution in [0.3, 0.4) is 0 Å². The van der Waals surface area contributed by atoms with Gasteiger partial charge < -0.3 is 10.4 Å². The molecule has 2 unspecified atom stereocenters. The number of nitrogens with one attached hydrogen (secondary N) is 1. The molecular weight excluding hydrogens is 264 g/mol. The third kappa shape index (κ3) is 3.33. The van der Waals surface area contributed by atoms with Crippen molar-refractivity contribution in [3.8, 4) is 6.07 Å². The summed E-state index contributed by atoms with van der Waals surface area (Å²) < 4.78 is 0. The Bertz CT molecular complexity index is 524. The van der Waals surface area contributed by atoms with E-state index >= 15 is 0 Å². The van der Waals surface area contributed by atoms with Gasteiger partial charge in [0.15, 0.2) is 5.82 Å². The van der Waals surface area contributed by atoms with E-state index in [2.05, 4.69) is 21.6 Å². The molecule has 2 rings (SSSR count). The van der Waals surface area contributed by atoms with Crippen LogP contribution in [0.15, 0.2) is 0 Å². The first kappa shape index (κ1) is 15.7. The van der Waals surface area contributed by atoms with Gasteiger partial charge in [-0.25, -0.2) is 0 Å². The van der Waals surface area contributed by atoms with E-state index in [1.54, 1.807) is 0 Å². The van der Waals surface area contributed by atoms with E-state index in [1.165, 1.54) is 0 Å². The van der Waals surface area contributed by atoms with E-state index in [0.717, 1.165) is 49.8 Å². The number of nitriles is 1. The molecule has 0 aliphatic heterocycles. The van der Waals surface area contributed by atoms with Crippen LogP contribution < -0.4 is 5.32 Å². The summed E-state index contributed by atoms with van der Waals surface area (Å²) in [6, 6.07) is 2.58. The minimum Gasteiger partial charge on any atom is -0.396 e. The van der Waals surface area contributed by atoms with Gasteiger partial charge in [-0.1, -0.05) is 20.3 Å². The van der Waals surface area contributed by atoms with E-state index in [0.29, 0.717) is 17.3 Å². The fourth-order valence-electron chi connectivity index (χ4n) is 3.31. The molecule has 0 radical (unpaired) electrons. The number of nitrogens with zero attached hydrogens (tertiary/aromatic N) is 3. The maximum absolute atomic E-state index is 9.50. The number of anilines is 1. The largest absolute Gasteiger partial charge is 0.396 e. The molecule has 114 valence electrons. The lowest BCUT2D eigenvalue weighted by Gasteiger charge is -2.22. The number of aromatic nitrogens is 2. The second-order valence-electron chi connectivity index (χ2n) is 5.62. The summed E-state index contributed by atoms with van der Waals surface area (Å²) in [5.74, 6) is 1.07. The zero-order valence-corrected chi connectivity index (χ0v) is 12.9. The van der Waals surface area contributed by atoms with E-state index in [1.807, 2.05) is 13.8 Å². The average Bonchev–Trinajstić information content (AvgIpc) is 2.94. The summed E-state index contributed by atoms with van der Waals surface area (Å²) in [7, 11) is 0. The summed E-state index contributed by atoms with van der Waals surface area (Å²) in [6.07, 6.45) is 5.74. The van der Waals surface area contributed by atoms with Crippen molar-refractivity contribution in [2.45, 2.75) is 58.4 Å². The highest BCUT2D eigenvalue weighted by molar-refractivity contribution is 5.57. The molecular formula is C16H24N4O.